The SMILES string of the molecule is COc1ccc([C@@H]2c3cc(OC)c(OC)cc3CC(=O)N2c2ccc(C)c(F)c2)cc1. The standard InChI is InChI=1S/C25H24FNO4/c1-15-5-8-18(13-21(15)26)27-24(28)12-17-11-22(30-3)23(31-4)14-20(17)25(27)16-6-9-19(29-2)10-7-16/h5-11,13-14,25H,12H2,1-4H3/t25-/m1/s1. The molecule has 1 aliphatic heterocycles. The fourth-order valence-corrected chi connectivity index (χ4v) is 4.02. The number of anilines is 1. The van der Waals surface area contributed by atoms with E-state index in [0.29, 0.717) is 28.5 Å². The minimum atomic E-state index is -0.455. The zero-order valence-electron chi connectivity index (χ0n) is 17.9. The van der Waals surface area contributed by atoms with E-state index in [2.05, 4.69) is 0 Å². The summed E-state index contributed by atoms with van der Waals surface area (Å²) in [5, 5.41) is 0. The number of methoxy groups -OCH3 is 3. The summed E-state index contributed by atoms with van der Waals surface area (Å²) in [6.45, 7) is 1.70. The van der Waals surface area contributed by atoms with Gasteiger partial charge in [-0.15, -0.1) is 0 Å². The number of amides is 1. The number of fused-ring (bicyclic) bond motifs is 1. The Kier molecular flexibility index (Phi) is 5.55. The van der Waals surface area contributed by atoms with Crippen LogP contribution in [-0.2, 0) is 11.2 Å². The lowest BCUT2D eigenvalue weighted by atomic mass is 9.86. The van der Waals surface area contributed by atoms with Gasteiger partial charge < -0.3 is 19.1 Å². The van der Waals surface area contributed by atoms with Gasteiger partial charge in [0.25, 0.3) is 0 Å². The van der Waals surface area contributed by atoms with Crippen LogP contribution in [0.2, 0.25) is 0 Å². The average Bonchev–Trinajstić information content (AvgIpc) is 2.79. The van der Waals surface area contributed by atoms with Crippen LogP contribution in [0.3, 0.4) is 0 Å². The Bertz CT molecular complexity index is 1130. The fourth-order valence-electron chi connectivity index (χ4n) is 4.02. The molecule has 5 nitrogen and oxygen atoms in total. The number of carbonyl (C=O) groups excluding carboxylic acids is 1. The second-order valence-corrected chi connectivity index (χ2v) is 7.46. The maximum atomic E-state index is 14.4. The Hall–Kier alpha value is -3.54. The molecule has 3 aromatic rings. The summed E-state index contributed by atoms with van der Waals surface area (Å²) in [4.78, 5) is 15.0. The zero-order valence-corrected chi connectivity index (χ0v) is 17.9. The highest BCUT2D eigenvalue weighted by molar-refractivity contribution is 5.98. The first kappa shape index (κ1) is 20.7. The van der Waals surface area contributed by atoms with Crippen molar-refractivity contribution in [1.29, 1.82) is 0 Å². The number of carbonyl (C=O) groups is 1. The van der Waals surface area contributed by atoms with Gasteiger partial charge in [0.05, 0.1) is 33.8 Å². The second-order valence-electron chi connectivity index (χ2n) is 7.46. The third-order valence-corrected chi connectivity index (χ3v) is 5.67. The van der Waals surface area contributed by atoms with Crippen LogP contribution < -0.4 is 19.1 Å². The summed E-state index contributed by atoms with van der Waals surface area (Å²) in [5.41, 5.74) is 3.68. The monoisotopic (exact) mass is 421 g/mol. The molecule has 0 aromatic heterocycles. The van der Waals surface area contributed by atoms with Gasteiger partial charge in [-0.05, 0) is 65.6 Å². The molecular formula is C25H24FNO4. The fraction of sp³-hybridized carbons (Fsp3) is 0.240. The first-order valence-electron chi connectivity index (χ1n) is 9.93. The molecule has 0 spiro atoms. The maximum absolute atomic E-state index is 14.4. The Morgan fingerprint density at radius 2 is 1.58 bits per heavy atom. The molecule has 1 heterocycles. The van der Waals surface area contributed by atoms with Crippen LogP contribution >= 0.6 is 0 Å². The number of nitrogens with zero attached hydrogens (tertiary/aromatic N) is 1. The van der Waals surface area contributed by atoms with E-state index in [4.69, 9.17) is 14.2 Å². The van der Waals surface area contributed by atoms with Gasteiger partial charge in [-0.3, -0.25) is 4.79 Å². The topological polar surface area (TPSA) is 48.0 Å². The van der Waals surface area contributed by atoms with E-state index in [1.807, 2.05) is 36.4 Å². The van der Waals surface area contributed by atoms with Crippen LogP contribution in [0.4, 0.5) is 10.1 Å². The van der Waals surface area contributed by atoms with Crippen LogP contribution in [0.5, 0.6) is 17.2 Å². The van der Waals surface area contributed by atoms with E-state index in [1.165, 1.54) is 6.07 Å². The van der Waals surface area contributed by atoms with Gasteiger partial charge in [0.2, 0.25) is 5.91 Å². The summed E-state index contributed by atoms with van der Waals surface area (Å²) in [5.74, 6) is 1.38. The van der Waals surface area contributed by atoms with Gasteiger partial charge >= 0.3 is 0 Å². The lowest BCUT2D eigenvalue weighted by molar-refractivity contribution is -0.118. The molecule has 0 bridgehead atoms. The molecule has 0 radical (unpaired) electrons. The van der Waals surface area contributed by atoms with E-state index in [0.717, 1.165) is 16.7 Å². The minimum absolute atomic E-state index is 0.121. The van der Waals surface area contributed by atoms with E-state index in [9.17, 15) is 9.18 Å². The molecule has 1 atom stereocenters. The van der Waals surface area contributed by atoms with Crippen LogP contribution in [0, 0.1) is 12.7 Å². The normalized spacial score (nSPS) is 15.5. The lowest BCUT2D eigenvalue weighted by Gasteiger charge is -2.38. The number of halogens is 1. The van der Waals surface area contributed by atoms with E-state index < -0.39 is 6.04 Å². The number of hydrogen-bond donors (Lipinski definition) is 0. The molecule has 4 rings (SSSR count). The van der Waals surface area contributed by atoms with Gasteiger partial charge in [0.15, 0.2) is 11.5 Å². The molecule has 0 unspecified atom stereocenters. The van der Waals surface area contributed by atoms with Crippen LogP contribution in [0.15, 0.2) is 54.6 Å². The lowest BCUT2D eigenvalue weighted by Crippen LogP contribution is -2.41. The summed E-state index contributed by atoms with van der Waals surface area (Å²) < 4.78 is 30.6. The summed E-state index contributed by atoms with van der Waals surface area (Å²) >= 11 is 0. The molecule has 31 heavy (non-hydrogen) atoms. The Morgan fingerprint density at radius 3 is 2.19 bits per heavy atom. The predicted molar refractivity (Wildman–Crippen MR) is 117 cm³/mol. The Morgan fingerprint density at radius 1 is 0.903 bits per heavy atom. The molecule has 0 N–H and O–H groups in total. The maximum Gasteiger partial charge on any atom is 0.232 e. The largest absolute Gasteiger partial charge is 0.497 e. The van der Waals surface area contributed by atoms with E-state index in [-0.39, 0.29) is 18.1 Å². The smallest absolute Gasteiger partial charge is 0.232 e. The first-order valence-corrected chi connectivity index (χ1v) is 9.93. The summed E-state index contributed by atoms with van der Waals surface area (Å²) in [7, 11) is 4.75. The number of ether oxygens (including phenoxy) is 3. The van der Waals surface area contributed by atoms with Crippen molar-refractivity contribution in [2.75, 3.05) is 26.2 Å². The molecule has 3 aromatic carbocycles. The van der Waals surface area contributed by atoms with Crippen molar-refractivity contribution in [3.63, 3.8) is 0 Å². The van der Waals surface area contributed by atoms with Gasteiger partial charge in [0, 0.05) is 5.69 Å². The van der Waals surface area contributed by atoms with Gasteiger partial charge in [-0.2, -0.15) is 0 Å². The highest BCUT2D eigenvalue weighted by Crippen LogP contribution is 2.43. The Labute approximate surface area is 181 Å². The number of aryl methyl sites for hydroxylation is 1. The molecule has 0 aliphatic carbocycles. The van der Waals surface area contributed by atoms with Crippen molar-refractivity contribution in [2.24, 2.45) is 0 Å². The quantitative estimate of drug-likeness (QED) is 0.592. The molecule has 6 heteroatoms. The molecule has 0 saturated heterocycles. The van der Waals surface area contributed by atoms with Crippen molar-refractivity contribution < 1.29 is 23.4 Å². The van der Waals surface area contributed by atoms with Crippen molar-refractivity contribution in [1.82, 2.24) is 0 Å². The highest BCUT2D eigenvalue weighted by atomic mass is 19.1. The number of benzene rings is 3. The van der Waals surface area contributed by atoms with Crippen molar-refractivity contribution >= 4 is 11.6 Å². The highest BCUT2D eigenvalue weighted by Gasteiger charge is 2.36. The predicted octanol–water partition coefficient (Wildman–Crippen LogP) is 4.84. The van der Waals surface area contributed by atoms with Crippen LogP contribution in [0.25, 0.3) is 0 Å². The molecular weight excluding hydrogens is 397 g/mol. The van der Waals surface area contributed by atoms with E-state index >= 15 is 0 Å². The molecule has 0 saturated carbocycles. The van der Waals surface area contributed by atoms with Gasteiger partial charge in [-0.1, -0.05) is 18.2 Å². The van der Waals surface area contributed by atoms with Crippen molar-refractivity contribution in [3.8, 4) is 17.2 Å². The first-order chi connectivity index (χ1) is 15.0. The van der Waals surface area contributed by atoms with E-state index in [1.54, 1.807) is 45.3 Å². The number of rotatable bonds is 5. The van der Waals surface area contributed by atoms with Crippen molar-refractivity contribution in [2.45, 2.75) is 19.4 Å². The van der Waals surface area contributed by atoms with Crippen LogP contribution in [-0.4, -0.2) is 27.2 Å². The average molecular weight is 421 g/mol. The summed E-state index contributed by atoms with van der Waals surface area (Å²) in [6.07, 6.45) is 0.178. The molecule has 0 fully saturated rings. The Balaban J connectivity index is 1.93. The minimum Gasteiger partial charge on any atom is -0.497 e. The van der Waals surface area contributed by atoms with Crippen LogP contribution in [0.1, 0.15) is 28.3 Å². The third-order valence-electron chi connectivity index (χ3n) is 5.67. The van der Waals surface area contributed by atoms with Crippen molar-refractivity contribution in [3.05, 3.63) is 82.7 Å². The van der Waals surface area contributed by atoms with Gasteiger partial charge in [-0.25, -0.2) is 4.39 Å². The molecule has 160 valence electrons. The van der Waals surface area contributed by atoms with Gasteiger partial charge in [0.1, 0.15) is 11.6 Å². The second kappa shape index (κ2) is 8.30. The molecule has 1 aliphatic rings. The summed E-state index contributed by atoms with van der Waals surface area (Å²) in [6, 6.07) is 15.7. The zero-order chi connectivity index (χ0) is 22.1. The third kappa shape index (κ3) is 3.69. The number of hydrogen-bond acceptors (Lipinski definition) is 4. The molecule has 1 amide bonds.